The number of esters is 1. The Morgan fingerprint density at radius 3 is 2.29 bits per heavy atom. The highest BCUT2D eigenvalue weighted by atomic mass is 32.2. The van der Waals surface area contributed by atoms with Crippen LogP contribution in [0.4, 0.5) is 0 Å². The van der Waals surface area contributed by atoms with Gasteiger partial charge in [0.05, 0.1) is 5.75 Å². The Balaban J connectivity index is 4.34. The lowest BCUT2D eigenvalue weighted by Gasteiger charge is -2.22. The molecule has 0 aromatic heterocycles. The summed E-state index contributed by atoms with van der Waals surface area (Å²) in [6, 6.07) is -0.851. The lowest BCUT2D eigenvalue weighted by Crippen LogP contribution is -2.42. The van der Waals surface area contributed by atoms with Gasteiger partial charge >= 0.3 is 5.97 Å². The first-order valence-corrected chi connectivity index (χ1v) is 7.45. The number of rotatable bonds is 6. The number of nitrogens with one attached hydrogen (secondary N) is 1. The van der Waals surface area contributed by atoms with Gasteiger partial charge in [0.1, 0.15) is 11.6 Å². The van der Waals surface area contributed by atoms with Crippen molar-refractivity contribution in [3.8, 4) is 0 Å². The molecule has 0 heterocycles. The van der Waals surface area contributed by atoms with Gasteiger partial charge in [-0.05, 0) is 34.1 Å². The van der Waals surface area contributed by atoms with E-state index < -0.39 is 27.6 Å². The smallest absolute Gasteiger partial charge is 0.324 e. The number of ether oxygens (including phenoxy) is 1. The number of carbonyl (C=O) groups is 1. The van der Waals surface area contributed by atoms with Crippen molar-refractivity contribution in [2.45, 2.75) is 59.1 Å². The normalized spacial score (nSPS) is 14.4. The zero-order valence-corrected chi connectivity index (χ0v) is 12.1. The molecule has 1 N–H and O–H groups in total. The van der Waals surface area contributed by atoms with Crippen LogP contribution in [0.5, 0.6) is 0 Å². The van der Waals surface area contributed by atoms with E-state index in [9.17, 15) is 13.2 Å². The summed E-state index contributed by atoms with van der Waals surface area (Å²) in [4.78, 5) is 11.6. The maximum Gasteiger partial charge on any atom is 0.324 e. The molecule has 17 heavy (non-hydrogen) atoms. The molecule has 0 saturated carbocycles. The van der Waals surface area contributed by atoms with E-state index in [0.717, 1.165) is 6.42 Å². The summed E-state index contributed by atoms with van der Waals surface area (Å²) in [7, 11) is -3.39. The molecule has 0 amide bonds. The average Bonchev–Trinajstić information content (AvgIpc) is 2.11. The molecule has 0 spiro atoms. The summed E-state index contributed by atoms with van der Waals surface area (Å²) in [6.07, 6.45) is 1.37. The molecule has 0 aliphatic rings. The van der Waals surface area contributed by atoms with Gasteiger partial charge in [0.15, 0.2) is 0 Å². The molecule has 0 aromatic rings. The third-order valence-corrected chi connectivity index (χ3v) is 3.42. The Morgan fingerprint density at radius 2 is 1.88 bits per heavy atom. The van der Waals surface area contributed by atoms with Crippen LogP contribution < -0.4 is 4.72 Å². The average molecular weight is 265 g/mol. The highest BCUT2D eigenvalue weighted by molar-refractivity contribution is 7.89. The minimum absolute atomic E-state index is 0.0383. The maximum absolute atomic E-state index is 11.6. The third kappa shape index (κ3) is 8.15. The van der Waals surface area contributed by atoms with Crippen LogP contribution in [-0.2, 0) is 19.6 Å². The van der Waals surface area contributed by atoms with Gasteiger partial charge in [-0.25, -0.2) is 13.1 Å². The molecule has 5 nitrogen and oxygen atoms in total. The molecule has 0 bridgehead atoms. The van der Waals surface area contributed by atoms with E-state index in [4.69, 9.17) is 4.74 Å². The Bertz CT molecular complexity index is 343. The van der Waals surface area contributed by atoms with Crippen molar-refractivity contribution in [3.05, 3.63) is 0 Å². The number of hydrogen-bond acceptors (Lipinski definition) is 4. The van der Waals surface area contributed by atoms with Crippen LogP contribution in [0.15, 0.2) is 0 Å². The van der Waals surface area contributed by atoms with E-state index in [0.29, 0.717) is 6.42 Å². The van der Waals surface area contributed by atoms with Gasteiger partial charge in [0.2, 0.25) is 10.0 Å². The van der Waals surface area contributed by atoms with E-state index >= 15 is 0 Å². The van der Waals surface area contributed by atoms with Crippen LogP contribution in [0.3, 0.4) is 0 Å². The summed E-state index contributed by atoms with van der Waals surface area (Å²) >= 11 is 0. The number of hydrogen-bond donors (Lipinski definition) is 1. The minimum atomic E-state index is -3.39. The fourth-order valence-corrected chi connectivity index (χ4v) is 2.52. The summed E-state index contributed by atoms with van der Waals surface area (Å²) in [5.74, 6) is -0.519. The first-order valence-electron chi connectivity index (χ1n) is 5.80. The van der Waals surface area contributed by atoms with Crippen LogP contribution in [0.25, 0.3) is 0 Å². The van der Waals surface area contributed by atoms with Crippen molar-refractivity contribution in [1.82, 2.24) is 4.72 Å². The molecule has 1 atom stereocenters. The summed E-state index contributed by atoms with van der Waals surface area (Å²) in [5.41, 5.74) is -0.611. The maximum atomic E-state index is 11.6. The lowest BCUT2D eigenvalue weighted by molar-refractivity contribution is -0.156. The van der Waals surface area contributed by atoms with E-state index in [1.165, 1.54) is 6.92 Å². The second-order valence-corrected chi connectivity index (χ2v) is 6.92. The van der Waals surface area contributed by atoms with Gasteiger partial charge in [-0.1, -0.05) is 13.3 Å². The van der Waals surface area contributed by atoms with Gasteiger partial charge in [-0.3, -0.25) is 4.79 Å². The van der Waals surface area contributed by atoms with Crippen molar-refractivity contribution in [1.29, 1.82) is 0 Å². The summed E-state index contributed by atoms with van der Waals surface area (Å²) < 4.78 is 30.5. The number of sulfonamides is 1. The molecule has 6 heteroatoms. The summed E-state index contributed by atoms with van der Waals surface area (Å²) in [6.45, 7) is 8.61. The monoisotopic (exact) mass is 265 g/mol. The van der Waals surface area contributed by atoms with Crippen molar-refractivity contribution >= 4 is 16.0 Å². The standard InChI is InChI=1S/C11H23NO4S/c1-6-7-8-17(14,15)12-9(2)10(13)16-11(3,4)5/h9,12H,6-8H2,1-5H3/t9-/m0/s1. The topological polar surface area (TPSA) is 72.5 Å². The Kier molecular flexibility index (Phi) is 6.12. The molecular weight excluding hydrogens is 242 g/mol. The molecule has 0 rings (SSSR count). The van der Waals surface area contributed by atoms with Gasteiger partial charge in [-0.15, -0.1) is 0 Å². The van der Waals surface area contributed by atoms with Gasteiger partial charge in [0, 0.05) is 0 Å². The van der Waals surface area contributed by atoms with Crippen molar-refractivity contribution in [2.24, 2.45) is 0 Å². The van der Waals surface area contributed by atoms with Crippen LogP contribution >= 0.6 is 0 Å². The predicted octanol–water partition coefficient (Wildman–Crippen LogP) is 1.44. The van der Waals surface area contributed by atoms with Crippen LogP contribution in [0, 0.1) is 0 Å². The molecule has 0 unspecified atom stereocenters. The van der Waals surface area contributed by atoms with E-state index in [-0.39, 0.29) is 5.75 Å². The second kappa shape index (κ2) is 6.35. The van der Waals surface area contributed by atoms with Crippen molar-refractivity contribution in [2.75, 3.05) is 5.75 Å². The number of unbranched alkanes of at least 4 members (excludes halogenated alkanes) is 1. The molecule has 0 fully saturated rings. The zero-order chi connectivity index (χ0) is 13.7. The van der Waals surface area contributed by atoms with Gasteiger partial charge in [0.25, 0.3) is 0 Å². The second-order valence-electron chi connectivity index (χ2n) is 5.05. The Morgan fingerprint density at radius 1 is 1.35 bits per heavy atom. The van der Waals surface area contributed by atoms with Crippen LogP contribution in [0.1, 0.15) is 47.5 Å². The molecule has 0 aromatic carbocycles. The van der Waals surface area contributed by atoms with E-state index in [1.807, 2.05) is 6.92 Å². The predicted molar refractivity (Wildman–Crippen MR) is 67.1 cm³/mol. The zero-order valence-electron chi connectivity index (χ0n) is 11.2. The van der Waals surface area contributed by atoms with E-state index in [2.05, 4.69) is 4.72 Å². The highest BCUT2D eigenvalue weighted by Gasteiger charge is 2.25. The lowest BCUT2D eigenvalue weighted by atomic mass is 10.2. The molecule has 0 saturated heterocycles. The highest BCUT2D eigenvalue weighted by Crippen LogP contribution is 2.08. The van der Waals surface area contributed by atoms with Crippen LogP contribution in [0.2, 0.25) is 0 Å². The quantitative estimate of drug-likeness (QED) is 0.737. The molecule has 0 aliphatic carbocycles. The molecule has 0 radical (unpaired) electrons. The number of carbonyl (C=O) groups excluding carboxylic acids is 1. The molecule has 0 aliphatic heterocycles. The fourth-order valence-electron chi connectivity index (χ4n) is 1.10. The van der Waals surface area contributed by atoms with E-state index in [1.54, 1.807) is 20.8 Å². The molecule has 102 valence electrons. The van der Waals surface area contributed by atoms with Crippen molar-refractivity contribution < 1.29 is 17.9 Å². The Labute approximate surface area is 104 Å². The van der Waals surface area contributed by atoms with Gasteiger partial charge in [-0.2, -0.15) is 0 Å². The first-order chi connectivity index (χ1) is 7.57. The minimum Gasteiger partial charge on any atom is -0.459 e. The summed E-state index contributed by atoms with van der Waals surface area (Å²) in [5, 5.41) is 0. The fraction of sp³-hybridized carbons (Fsp3) is 0.909. The third-order valence-electron chi connectivity index (χ3n) is 1.88. The Hall–Kier alpha value is -0.620. The first kappa shape index (κ1) is 16.4. The largest absolute Gasteiger partial charge is 0.459 e. The van der Waals surface area contributed by atoms with Gasteiger partial charge < -0.3 is 4.74 Å². The van der Waals surface area contributed by atoms with Crippen LogP contribution in [-0.4, -0.2) is 31.8 Å². The van der Waals surface area contributed by atoms with Crippen molar-refractivity contribution in [3.63, 3.8) is 0 Å². The molecular formula is C11H23NO4S. The SMILES string of the molecule is CCCCS(=O)(=O)N[C@@H](C)C(=O)OC(C)(C)C.